The number of hydrogen-bond acceptors (Lipinski definition) is 1. The van der Waals surface area contributed by atoms with Crippen molar-refractivity contribution in [3.05, 3.63) is 58.6 Å². The molecule has 2 heteroatoms. The highest BCUT2D eigenvalue weighted by Gasteiger charge is 2.03. The molecule has 15 heavy (non-hydrogen) atoms. The van der Waals surface area contributed by atoms with E-state index in [0.717, 1.165) is 15.6 Å². The van der Waals surface area contributed by atoms with Gasteiger partial charge in [0.2, 0.25) is 0 Å². The second kappa shape index (κ2) is 4.29. The van der Waals surface area contributed by atoms with Gasteiger partial charge >= 0.3 is 0 Å². The smallest absolute Gasteiger partial charge is 0.0991 e. The number of benzene rings is 2. The number of halogens is 1. The zero-order chi connectivity index (χ0) is 10.7. The van der Waals surface area contributed by atoms with Gasteiger partial charge in [0.1, 0.15) is 0 Å². The van der Waals surface area contributed by atoms with Crippen LogP contribution in [0.3, 0.4) is 0 Å². The standard InChI is InChI=1S/C13H8BrN/c14-13-7-6-10(9-15)8-12(13)11-4-2-1-3-5-11/h1-8H. The summed E-state index contributed by atoms with van der Waals surface area (Å²) in [6, 6.07) is 17.7. The summed E-state index contributed by atoms with van der Waals surface area (Å²) in [5.41, 5.74) is 2.84. The summed E-state index contributed by atoms with van der Waals surface area (Å²) in [5.74, 6) is 0. The molecule has 0 unspecified atom stereocenters. The second-order valence-corrected chi connectivity index (χ2v) is 4.03. The van der Waals surface area contributed by atoms with E-state index in [1.165, 1.54) is 0 Å². The van der Waals surface area contributed by atoms with Gasteiger partial charge in [0.05, 0.1) is 11.6 Å². The van der Waals surface area contributed by atoms with Crippen LogP contribution in [-0.2, 0) is 0 Å². The summed E-state index contributed by atoms with van der Waals surface area (Å²) in [6.45, 7) is 0. The summed E-state index contributed by atoms with van der Waals surface area (Å²) in [6.07, 6.45) is 0. The fraction of sp³-hybridized carbons (Fsp3) is 0. The van der Waals surface area contributed by atoms with Gasteiger partial charge in [-0.1, -0.05) is 46.3 Å². The molecule has 0 fully saturated rings. The maximum atomic E-state index is 8.83. The SMILES string of the molecule is N#Cc1ccc(Br)c(-c2ccccc2)c1. The Morgan fingerprint density at radius 1 is 1.00 bits per heavy atom. The predicted octanol–water partition coefficient (Wildman–Crippen LogP) is 3.99. The van der Waals surface area contributed by atoms with Crippen molar-refractivity contribution in [2.45, 2.75) is 0 Å². The summed E-state index contributed by atoms with van der Waals surface area (Å²) in [4.78, 5) is 0. The first kappa shape index (κ1) is 9.95. The van der Waals surface area contributed by atoms with Crippen molar-refractivity contribution in [3.63, 3.8) is 0 Å². The monoisotopic (exact) mass is 257 g/mol. The minimum Gasteiger partial charge on any atom is -0.192 e. The lowest BCUT2D eigenvalue weighted by molar-refractivity contribution is 1.47. The van der Waals surface area contributed by atoms with Crippen LogP contribution in [0, 0.1) is 11.3 Å². The van der Waals surface area contributed by atoms with Gasteiger partial charge in [-0.05, 0) is 29.3 Å². The Morgan fingerprint density at radius 3 is 2.40 bits per heavy atom. The number of nitriles is 1. The molecule has 0 atom stereocenters. The minimum atomic E-state index is 0.678. The van der Waals surface area contributed by atoms with E-state index in [-0.39, 0.29) is 0 Å². The molecule has 0 heterocycles. The first-order valence-electron chi connectivity index (χ1n) is 4.56. The number of rotatable bonds is 1. The van der Waals surface area contributed by atoms with Gasteiger partial charge in [-0.15, -0.1) is 0 Å². The summed E-state index contributed by atoms with van der Waals surface area (Å²) in [7, 11) is 0. The van der Waals surface area contributed by atoms with Crippen LogP contribution in [0.5, 0.6) is 0 Å². The van der Waals surface area contributed by atoms with Crippen LogP contribution >= 0.6 is 15.9 Å². The number of hydrogen-bond donors (Lipinski definition) is 0. The molecule has 0 N–H and O–H groups in total. The molecule has 0 spiro atoms. The Morgan fingerprint density at radius 2 is 1.73 bits per heavy atom. The number of nitrogens with zero attached hydrogens (tertiary/aromatic N) is 1. The lowest BCUT2D eigenvalue weighted by atomic mass is 10.0. The van der Waals surface area contributed by atoms with Crippen molar-refractivity contribution in [1.29, 1.82) is 5.26 Å². The fourth-order valence-corrected chi connectivity index (χ4v) is 1.91. The Bertz CT molecular complexity index is 512. The molecule has 0 aliphatic carbocycles. The molecule has 0 amide bonds. The molecule has 0 saturated carbocycles. The zero-order valence-corrected chi connectivity index (χ0v) is 9.53. The van der Waals surface area contributed by atoms with E-state index in [2.05, 4.69) is 22.0 Å². The van der Waals surface area contributed by atoms with E-state index in [1.807, 2.05) is 42.5 Å². The zero-order valence-electron chi connectivity index (χ0n) is 7.94. The Labute approximate surface area is 97.1 Å². The van der Waals surface area contributed by atoms with Crippen LogP contribution in [0.15, 0.2) is 53.0 Å². The van der Waals surface area contributed by atoms with Gasteiger partial charge in [-0.25, -0.2) is 0 Å². The Kier molecular flexibility index (Phi) is 2.84. The van der Waals surface area contributed by atoms with Crippen LogP contribution in [0.2, 0.25) is 0 Å². The lowest BCUT2D eigenvalue weighted by Gasteiger charge is -2.04. The third-order valence-corrected chi connectivity index (χ3v) is 2.87. The highest BCUT2D eigenvalue weighted by molar-refractivity contribution is 9.10. The van der Waals surface area contributed by atoms with Crippen molar-refractivity contribution in [1.82, 2.24) is 0 Å². The molecule has 0 radical (unpaired) electrons. The summed E-state index contributed by atoms with van der Waals surface area (Å²) < 4.78 is 1.01. The molecule has 0 aliphatic rings. The van der Waals surface area contributed by atoms with Gasteiger partial charge in [0.15, 0.2) is 0 Å². The maximum Gasteiger partial charge on any atom is 0.0991 e. The summed E-state index contributed by atoms with van der Waals surface area (Å²) >= 11 is 3.49. The third kappa shape index (κ3) is 2.08. The molecule has 0 bridgehead atoms. The molecule has 2 aromatic carbocycles. The average molecular weight is 258 g/mol. The van der Waals surface area contributed by atoms with E-state index in [0.29, 0.717) is 5.56 Å². The first-order valence-corrected chi connectivity index (χ1v) is 5.35. The lowest BCUT2D eigenvalue weighted by Crippen LogP contribution is -1.81. The van der Waals surface area contributed by atoms with Crippen molar-refractivity contribution in [3.8, 4) is 17.2 Å². The first-order chi connectivity index (χ1) is 7.31. The van der Waals surface area contributed by atoms with Crippen LogP contribution in [0.1, 0.15) is 5.56 Å². The van der Waals surface area contributed by atoms with Crippen molar-refractivity contribution in [2.75, 3.05) is 0 Å². The van der Waals surface area contributed by atoms with Crippen LogP contribution in [-0.4, -0.2) is 0 Å². The topological polar surface area (TPSA) is 23.8 Å². The van der Waals surface area contributed by atoms with E-state index >= 15 is 0 Å². The van der Waals surface area contributed by atoms with Gasteiger partial charge in [0.25, 0.3) is 0 Å². The minimum absolute atomic E-state index is 0.678. The van der Waals surface area contributed by atoms with Crippen molar-refractivity contribution < 1.29 is 0 Å². The highest BCUT2D eigenvalue weighted by Crippen LogP contribution is 2.28. The fourth-order valence-electron chi connectivity index (χ4n) is 1.43. The van der Waals surface area contributed by atoms with E-state index in [9.17, 15) is 0 Å². The van der Waals surface area contributed by atoms with Crippen LogP contribution in [0.4, 0.5) is 0 Å². The Hall–Kier alpha value is -1.59. The molecule has 72 valence electrons. The molecular weight excluding hydrogens is 250 g/mol. The summed E-state index contributed by atoms with van der Waals surface area (Å²) in [5, 5.41) is 8.83. The molecule has 2 rings (SSSR count). The molecule has 1 nitrogen and oxygen atoms in total. The van der Waals surface area contributed by atoms with E-state index in [1.54, 1.807) is 6.07 Å². The molecule has 2 aromatic rings. The quantitative estimate of drug-likeness (QED) is 0.758. The molecule has 0 saturated heterocycles. The second-order valence-electron chi connectivity index (χ2n) is 3.17. The highest BCUT2D eigenvalue weighted by atomic mass is 79.9. The molecular formula is C13H8BrN. The maximum absolute atomic E-state index is 8.83. The van der Waals surface area contributed by atoms with Gasteiger partial charge in [-0.2, -0.15) is 5.26 Å². The van der Waals surface area contributed by atoms with Crippen LogP contribution in [0.25, 0.3) is 11.1 Å². The molecule has 0 aliphatic heterocycles. The van der Waals surface area contributed by atoms with Crippen molar-refractivity contribution >= 4 is 15.9 Å². The largest absolute Gasteiger partial charge is 0.192 e. The van der Waals surface area contributed by atoms with Gasteiger partial charge in [-0.3, -0.25) is 0 Å². The average Bonchev–Trinajstić information content (AvgIpc) is 2.31. The van der Waals surface area contributed by atoms with Crippen molar-refractivity contribution in [2.24, 2.45) is 0 Å². The third-order valence-electron chi connectivity index (χ3n) is 2.18. The molecule has 0 aromatic heterocycles. The van der Waals surface area contributed by atoms with Crippen LogP contribution < -0.4 is 0 Å². The van der Waals surface area contributed by atoms with Gasteiger partial charge in [0, 0.05) is 4.47 Å². The predicted molar refractivity (Wildman–Crippen MR) is 64.3 cm³/mol. The Balaban J connectivity index is 2.58. The normalized spacial score (nSPS) is 9.60. The van der Waals surface area contributed by atoms with E-state index < -0.39 is 0 Å². The van der Waals surface area contributed by atoms with E-state index in [4.69, 9.17) is 5.26 Å². The van der Waals surface area contributed by atoms with Gasteiger partial charge < -0.3 is 0 Å².